The van der Waals surface area contributed by atoms with E-state index in [2.05, 4.69) is 58.9 Å². The second-order valence-electron chi connectivity index (χ2n) is 6.72. The minimum atomic E-state index is -0.160. The summed E-state index contributed by atoms with van der Waals surface area (Å²) in [5.41, 5.74) is 8.73. The van der Waals surface area contributed by atoms with Gasteiger partial charge in [0.2, 0.25) is 0 Å². The summed E-state index contributed by atoms with van der Waals surface area (Å²) in [4.78, 5) is 0. The monoisotopic (exact) mass is 247 g/mol. The molecule has 0 saturated carbocycles. The van der Waals surface area contributed by atoms with Gasteiger partial charge in [0.25, 0.3) is 0 Å². The van der Waals surface area contributed by atoms with E-state index in [1.54, 1.807) is 0 Å². The molecule has 0 amide bonds. The summed E-state index contributed by atoms with van der Waals surface area (Å²) >= 11 is 0. The molecule has 1 saturated heterocycles. The molecule has 0 radical (unpaired) electrons. The highest BCUT2D eigenvalue weighted by Gasteiger charge is 2.48. The predicted octanol–water partition coefficient (Wildman–Crippen LogP) is 3.59. The number of nitrogens with two attached hydrogens (primary N) is 1. The zero-order valence-corrected chi connectivity index (χ0v) is 12.2. The van der Waals surface area contributed by atoms with Gasteiger partial charge in [-0.1, -0.05) is 29.8 Å². The van der Waals surface area contributed by atoms with E-state index in [1.807, 2.05) is 0 Å². The minimum Gasteiger partial charge on any atom is -0.369 e. The zero-order valence-electron chi connectivity index (χ0n) is 12.2. The van der Waals surface area contributed by atoms with Crippen LogP contribution in [0.5, 0.6) is 0 Å². The van der Waals surface area contributed by atoms with Gasteiger partial charge < -0.3 is 10.5 Å². The molecule has 0 aliphatic carbocycles. The van der Waals surface area contributed by atoms with Gasteiger partial charge in [-0.15, -0.1) is 0 Å². The standard InChI is InChI=1S/C16H25NO/c1-11-7-6-8-12(9-11)14(17)13-10-15(2,3)18-16(13,4)5/h6-9,13-14H,10,17H2,1-5H3. The molecule has 1 heterocycles. The van der Waals surface area contributed by atoms with E-state index in [1.165, 1.54) is 11.1 Å². The fourth-order valence-electron chi connectivity index (χ4n) is 3.27. The maximum absolute atomic E-state index is 6.49. The molecule has 2 rings (SSSR count). The van der Waals surface area contributed by atoms with Gasteiger partial charge in [0.15, 0.2) is 0 Å². The van der Waals surface area contributed by atoms with Crippen LogP contribution in [0.1, 0.15) is 51.3 Å². The summed E-state index contributed by atoms with van der Waals surface area (Å²) in [7, 11) is 0. The van der Waals surface area contributed by atoms with Gasteiger partial charge in [-0.2, -0.15) is 0 Å². The summed E-state index contributed by atoms with van der Waals surface area (Å²) in [6.07, 6.45) is 1.01. The maximum Gasteiger partial charge on any atom is 0.0680 e. The Morgan fingerprint density at radius 1 is 1.28 bits per heavy atom. The molecule has 0 aromatic heterocycles. The van der Waals surface area contributed by atoms with Crippen LogP contribution < -0.4 is 5.73 Å². The van der Waals surface area contributed by atoms with Crippen molar-refractivity contribution in [2.75, 3.05) is 0 Å². The first-order valence-electron chi connectivity index (χ1n) is 6.74. The Morgan fingerprint density at radius 2 is 1.94 bits per heavy atom. The van der Waals surface area contributed by atoms with E-state index in [0.717, 1.165) is 6.42 Å². The van der Waals surface area contributed by atoms with Crippen molar-refractivity contribution in [2.45, 2.75) is 58.3 Å². The third kappa shape index (κ3) is 2.60. The van der Waals surface area contributed by atoms with Crippen LogP contribution in [-0.2, 0) is 4.74 Å². The largest absolute Gasteiger partial charge is 0.369 e. The maximum atomic E-state index is 6.49. The Kier molecular flexibility index (Phi) is 3.28. The molecule has 2 nitrogen and oxygen atoms in total. The molecule has 1 aromatic carbocycles. The molecule has 2 unspecified atom stereocenters. The van der Waals surface area contributed by atoms with Gasteiger partial charge in [0.05, 0.1) is 11.2 Å². The van der Waals surface area contributed by atoms with Crippen LogP contribution in [0.4, 0.5) is 0 Å². The lowest BCUT2D eigenvalue weighted by molar-refractivity contribution is -0.0767. The molecule has 1 fully saturated rings. The summed E-state index contributed by atoms with van der Waals surface area (Å²) in [5, 5.41) is 0. The topological polar surface area (TPSA) is 35.2 Å². The Morgan fingerprint density at radius 3 is 2.44 bits per heavy atom. The Bertz CT molecular complexity index is 436. The summed E-state index contributed by atoms with van der Waals surface area (Å²) in [5.74, 6) is 0.356. The van der Waals surface area contributed by atoms with Gasteiger partial charge >= 0.3 is 0 Å². The van der Waals surface area contributed by atoms with Crippen molar-refractivity contribution in [2.24, 2.45) is 11.7 Å². The van der Waals surface area contributed by atoms with Crippen molar-refractivity contribution >= 4 is 0 Å². The van der Waals surface area contributed by atoms with Crippen LogP contribution in [0, 0.1) is 12.8 Å². The van der Waals surface area contributed by atoms with Gasteiger partial charge in [0, 0.05) is 12.0 Å². The van der Waals surface area contributed by atoms with Crippen molar-refractivity contribution in [1.29, 1.82) is 0 Å². The zero-order chi connectivity index (χ0) is 13.6. The highest BCUT2D eigenvalue weighted by Crippen LogP contribution is 2.46. The summed E-state index contributed by atoms with van der Waals surface area (Å²) < 4.78 is 6.14. The van der Waals surface area contributed by atoms with Crippen molar-refractivity contribution in [3.8, 4) is 0 Å². The van der Waals surface area contributed by atoms with Crippen molar-refractivity contribution in [1.82, 2.24) is 0 Å². The van der Waals surface area contributed by atoms with Crippen LogP contribution in [0.3, 0.4) is 0 Å². The Balaban J connectivity index is 2.26. The molecule has 1 aromatic rings. The third-order valence-electron chi connectivity index (χ3n) is 4.00. The van der Waals surface area contributed by atoms with Gasteiger partial charge in [-0.05, 0) is 46.6 Å². The highest BCUT2D eigenvalue weighted by atomic mass is 16.5. The van der Waals surface area contributed by atoms with E-state index >= 15 is 0 Å². The number of hydrogen-bond donors (Lipinski definition) is 1. The van der Waals surface area contributed by atoms with Gasteiger partial charge in [-0.3, -0.25) is 0 Å². The fraction of sp³-hybridized carbons (Fsp3) is 0.625. The van der Waals surface area contributed by atoms with Gasteiger partial charge in [-0.25, -0.2) is 0 Å². The van der Waals surface area contributed by atoms with Crippen LogP contribution in [0.2, 0.25) is 0 Å². The van der Waals surface area contributed by atoms with Crippen LogP contribution >= 0.6 is 0 Å². The molecule has 100 valence electrons. The molecule has 18 heavy (non-hydrogen) atoms. The van der Waals surface area contributed by atoms with Crippen LogP contribution in [-0.4, -0.2) is 11.2 Å². The quantitative estimate of drug-likeness (QED) is 0.866. The Hall–Kier alpha value is -0.860. The van der Waals surface area contributed by atoms with Crippen LogP contribution in [0.25, 0.3) is 0 Å². The van der Waals surface area contributed by atoms with E-state index < -0.39 is 0 Å². The van der Waals surface area contributed by atoms with Crippen molar-refractivity contribution in [3.63, 3.8) is 0 Å². The fourth-order valence-corrected chi connectivity index (χ4v) is 3.27. The lowest BCUT2D eigenvalue weighted by Gasteiger charge is -2.31. The molecule has 0 bridgehead atoms. The first kappa shape index (κ1) is 13.6. The molecule has 2 heteroatoms. The normalized spacial score (nSPS) is 27.1. The Labute approximate surface area is 111 Å². The average molecular weight is 247 g/mol. The van der Waals surface area contributed by atoms with E-state index in [9.17, 15) is 0 Å². The van der Waals surface area contributed by atoms with Crippen molar-refractivity contribution in [3.05, 3.63) is 35.4 Å². The first-order valence-corrected chi connectivity index (χ1v) is 6.74. The number of hydrogen-bond acceptors (Lipinski definition) is 2. The SMILES string of the molecule is Cc1cccc(C(N)C2CC(C)(C)OC2(C)C)c1. The molecule has 2 atom stereocenters. The van der Waals surface area contributed by atoms with E-state index in [-0.39, 0.29) is 17.2 Å². The minimum absolute atomic E-state index is 0.0432. The number of aryl methyl sites for hydroxylation is 1. The smallest absolute Gasteiger partial charge is 0.0680 e. The number of ether oxygens (including phenoxy) is 1. The lowest BCUT2D eigenvalue weighted by atomic mass is 9.79. The highest BCUT2D eigenvalue weighted by molar-refractivity contribution is 5.26. The molecular weight excluding hydrogens is 222 g/mol. The van der Waals surface area contributed by atoms with E-state index in [0.29, 0.717) is 5.92 Å². The molecule has 1 aliphatic heterocycles. The third-order valence-corrected chi connectivity index (χ3v) is 4.00. The first-order chi connectivity index (χ1) is 8.21. The summed E-state index contributed by atoms with van der Waals surface area (Å²) in [6, 6.07) is 8.54. The van der Waals surface area contributed by atoms with Gasteiger partial charge in [0.1, 0.15) is 0 Å². The predicted molar refractivity (Wildman–Crippen MR) is 75.5 cm³/mol. The molecule has 0 spiro atoms. The summed E-state index contributed by atoms with van der Waals surface area (Å²) in [6.45, 7) is 10.7. The molecular formula is C16H25NO. The van der Waals surface area contributed by atoms with Crippen LogP contribution in [0.15, 0.2) is 24.3 Å². The molecule has 2 N–H and O–H groups in total. The second kappa shape index (κ2) is 4.36. The second-order valence-corrected chi connectivity index (χ2v) is 6.72. The molecule has 1 aliphatic rings. The van der Waals surface area contributed by atoms with E-state index in [4.69, 9.17) is 10.5 Å². The average Bonchev–Trinajstić information content (AvgIpc) is 2.45. The lowest BCUT2D eigenvalue weighted by Crippen LogP contribution is -2.35. The number of benzene rings is 1. The number of rotatable bonds is 2. The van der Waals surface area contributed by atoms with Crippen molar-refractivity contribution < 1.29 is 4.74 Å².